The van der Waals surface area contributed by atoms with Crippen molar-refractivity contribution in [3.05, 3.63) is 12.2 Å². The molecule has 15 heavy (non-hydrogen) atoms. The number of aromatic nitrogens is 3. The van der Waals surface area contributed by atoms with Crippen LogP contribution >= 0.6 is 0 Å². The molecule has 0 aliphatic carbocycles. The Kier molecular flexibility index (Phi) is 4.97. The zero-order valence-electron chi connectivity index (χ0n) is 9.15. The topological polar surface area (TPSA) is 73.8 Å². The Morgan fingerprint density at radius 1 is 1.47 bits per heavy atom. The molecular formula is C10H18N4O. The quantitative estimate of drug-likeness (QED) is 0.663. The van der Waals surface area contributed by atoms with Gasteiger partial charge < -0.3 is 5.73 Å². The molecule has 2 N–H and O–H groups in total. The van der Waals surface area contributed by atoms with Gasteiger partial charge in [0.05, 0.1) is 6.42 Å². The van der Waals surface area contributed by atoms with E-state index in [4.69, 9.17) is 5.73 Å². The van der Waals surface area contributed by atoms with E-state index in [1.807, 2.05) is 0 Å². The zero-order valence-corrected chi connectivity index (χ0v) is 9.15. The van der Waals surface area contributed by atoms with E-state index in [0.717, 1.165) is 25.1 Å². The van der Waals surface area contributed by atoms with Crippen LogP contribution in [0.15, 0.2) is 6.33 Å². The fraction of sp³-hybridized carbons (Fsp3) is 0.700. The molecule has 0 spiro atoms. The van der Waals surface area contributed by atoms with E-state index in [0.29, 0.717) is 19.4 Å². The molecule has 0 unspecified atom stereocenters. The number of unbranched alkanes of at least 4 members (excludes halogenated alkanes) is 2. The van der Waals surface area contributed by atoms with Crippen molar-refractivity contribution in [1.29, 1.82) is 0 Å². The van der Waals surface area contributed by atoms with Gasteiger partial charge in [-0.25, -0.2) is 4.98 Å². The second-order valence-electron chi connectivity index (χ2n) is 3.61. The molecular weight excluding hydrogens is 192 g/mol. The molecule has 1 heterocycles. The minimum Gasteiger partial charge on any atom is -0.330 e. The Hall–Kier alpha value is -1.23. The molecule has 1 rings (SSSR count). The highest BCUT2D eigenvalue weighted by atomic mass is 16.1. The maximum absolute atomic E-state index is 11.5. The van der Waals surface area contributed by atoms with Gasteiger partial charge in [0.1, 0.15) is 17.9 Å². The third kappa shape index (κ3) is 4.20. The van der Waals surface area contributed by atoms with Crippen LogP contribution in [0.1, 0.15) is 31.5 Å². The molecule has 0 aromatic carbocycles. The van der Waals surface area contributed by atoms with Gasteiger partial charge in [-0.1, -0.05) is 6.42 Å². The lowest BCUT2D eigenvalue weighted by atomic mass is 10.1. The van der Waals surface area contributed by atoms with Gasteiger partial charge in [-0.2, -0.15) is 5.10 Å². The van der Waals surface area contributed by atoms with Crippen LogP contribution in [-0.4, -0.2) is 27.1 Å². The van der Waals surface area contributed by atoms with Crippen molar-refractivity contribution in [2.75, 3.05) is 6.54 Å². The molecule has 0 saturated heterocycles. The summed E-state index contributed by atoms with van der Waals surface area (Å²) >= 11 is 0. The van der Waals surface area contributed by atoms with Gasteiger partial charge in [0.2, 0.25) is 0 Å². The van der Waals surface area contributed by atoms with Crippen LogP contribution < -0.4 is 5.73 Å². The van der Waals surface area contributed by atoms with E-state index in [1.54, 1.807) is 11.7 Å². The Bertz CT molecular complexity index is 308. The standard InChI is InChI=1S/C10H18N4O/c1-14-10(12-8-13-14)7-9(15)5-3-2-4-6-11/h8H,2-7,11H2,1H3. The predicted octanol–water partition coefficient (Wildman–Crippen LogP) is 0.446. The summed E-state index contributed by atoms with van der Waals surface area (Å²) in [5.74, 6) is 0.960. The van der Waals surface area contributed by atoms with Gasteiger partial charge in [-0.05, 0) is 19.4 Å². The fourth-order valence-corrected chi connectivity index (χ4v) is 1.39. The molecule has 1 aromatic heterocycles. The second kappa shape index (κ2) is 6.29. The van der Waals surface area contributed by atoms with Crippen molar-refractivity contribution >= 4 is 5.78 Å². The van der Waals surface area contributed by atoms with E-state index in [2.05, 4.69) is 10.1 Å². The molecule has 84 valence electrons. The zero-order chi connectivity index (χ0) is 11.1. The van der Waals surface area contributed by atoms with Crippen molar-refractivity contribution < 1.29 is 4.79 Å². The van der Waals surface area contributed by atoms with Gasteiger partial charge in [0.15, 0.2) is 0 Å². The van der Waals surface area contributed by atoms with Gasteiger partial charge in [-0.15, -0.1) is 0 Å². The molecule has 0 bridgehead atoms. The van der Waals surface area contributed by atoms with Gasteiger partial charge in [0.25, 0.3) is 0 Å². The van der Waals surface area contributed by atoms with Gasteiger partial charge in [-0.3, -0.25) is 9.48 Å². The summed E-state index contributed by atoms with van der Waals surface area (Å²) < 4.78 is 1.64. The van der Waals surface area contributed by atoms with Crippen LogP contribution in [0.25, 0.3) is 0 Å². The highest BCUT2D eigenvalue weighted by Crippen LogP contribution is 2.03. The predicted molar refractivity (Wildman–Crippen MR) is 57.2 cm³/mol. The number of ketones is 1. The van der Waals surface area contributed by atoms with Crippen molar-refractivity contribution in [3.63, 3.8) is 0 Å². The molecule has 5 heteroatoms. The summed E-state index contributed by atoms with van der Waals surface area (Å²) in [6.07, 6.45) is 5.43. The molecule has 1 aromatic rings. The van der Waals surface area contributed by atoms with E-state index in [1.165, 1.54) is 6.33 Å². The lowest BCUT2D eigenvalue weighted by molar-refractivity contribution is -0.118. The third-order valence-electron chi connectivity index (χ3n) is 2.32. The number of rotatable bonds is 7. The van der Waals surface area contributed by atoms with E-state index >= 15 is 0 Å². The summed E-state index contributed by atoms with van der Waals surface area (Å²) in [4.78, 5) is 15.5. The fourth-order valence-electron chi connectivity index (χ4n) is 1.39. The molecule has 0 atom stereocenters. The van der Waals surface area contributed by atoms with E-state index in [9.17, 15) is 4.79 Å². The third-order valence-corrected chi connectivity index (χ3v) is 2.32. The number of carbonyl (C=O) groups is 1. The Morgan fingerprint density at radius 3 is 2.87 bits per heavy atom. The first kappa shape index (κ1) is 11.8. The summed E-state index contributed by atoms with van der Waals surface area (Å²) in [7, 11) is 1.80. The number of aryl methyl sites for hydroxylation is 1. The van der Waals surface area contributed by atoms with Crippen LogP contribution in [0, 0.1) is 0 Å². The first-order chi connectivity index (χ1) is 7.24. The normalized spacial score (nSPS) is 10.5. The van der Waals surface area contributed by atoms with Gasteiger partial charge in [0, 0.05) is 13.5 Å². The number of nitrogens with two attached hydrogens (primary N) is 1. The van der Waals surface area contributed by atoms with Crippen LogP contribution in [-0.2, 0) is 18.3 Å². The minimum absolute atomic E-state index is 0.225. The number of hydrogen-bond acceptors (Lipinski definition) is 4. The monoisotopic (exact) mass is 210 g/mol. The molecule has 5 nitrogen and oxygen atoms in total. The minimum atomic E-state index is 0.225. The molecule has 0 aliphatic heterocycles. The molecule has 0 radical (unpaired) electrons. The number of Topliss-reactive ketones (excluding diaryl/α,β-unsaturated/α-hetero) is 1. The van der Waals surface area contributed by atoms with Crippen LogP contribution in [0.4, 0.5) is 0 Å². The van der Waals surface area contributed by atoms with Crippen molar-refractivity contribution in [2.45, 2.75) is 32.1 Å². The second-order valence-corrected chi connectivity index (χ2v) is 3.61. The summed E-state index contributed by atoms with van der Waals surface area (Å²) in [5.41, 5.74) is 5.37. The Balaban J connectivity index is 2.22. The smallest absolute Gasteiger partial charge is 0.140 e. The first-order valence-corrected chi connectivity index (χ1v) is 5.28. The number of carbonyl (C=O) groups excluding carboxylic acids is 1. The SMILES string of the molecule is Cn1ncnc1CC(=O)CCCCCN. The molecule has 0 aliphatic rings. The van der Waals surface area contributed by atoms with Crippen molar-refractivity contribution in [2.24, 2.45) is 12.8 Å². The van der Waals surface area contributed by atoms with Crippen LogP contribution in [0.5, 0.6) is 0 Å². The number of nitrogens with zero attached hydrogens (tertiary/aromatic N) is 3. The summed E-state index contributed by atoms with van der Waals surface area (Å²) in [6, 6.07) is 0. The average Bonchev–Trinajstić information content (AvgIpc) is 2.59. The Labute approximate surface area is 89.7 Å². The lowest BCUT2D eigenvalue weighted by Crippen LogP contribution is -2.08. The lowest BCUT2D eigenvalue weighted by Gasteiger charge is -2.00. The largest absolute Gasteiger partial charge is 0.330 e. The first-order valence-electron chi connectivity index (χ1n) is 5.28. The van der Waals surface area contributed by atoms with Crippen molar-refractivity contribution in [1.82, 2.24) is 14.8 Å². The van der Waals surface area contributed by atoms with Crippen LogP contribution in [0.2, 0.25) is 0 Å². The average molecular weight is 210 g/mol. The molecule has 0 fully saturated rings. The maximum atomic E-state index is 11.5. The summed E-state index contributed by atoms with van der Waals surface area (Å²) in [6.45, 7) is 0.706. The molecule has 0 amide bonds. The number of hydrogen-bond donors (Lipinski definition) is 1. The highest BCUT2D eigenvalue weighted by molar-refractivity contribution is 5.80. The van der Waals surface area contributed by atoms with Gasteiger partial charge >= 0.3 is 0 Å². The summed E-state index contributed by atoms with van der Waals surface area (Å²) in [5, 5.41) is 3.92. The van der Waals surface area contributed by atoms with Crippen LogP contribution in [0.3, 0.4) is 0 Å². The highest BCUT2D eigenvalue weighted by Gasteiger charge is 2.07. The van der Waals surface area contributed by atoms with E-state index < -0.39 is 0 Å². The van der Waals surface area contributed by atoms with Crippen molar-refractivity contribution in [3.8, 4) is 0 Å². The Morgan fingerprint density at radius 2 is 2.27 bits per heavy atom. The molecule has 0 saturated carbocycles. The van der Waals surface area contributed by atoms with E-state index in [-0.39, 0.29) is 5.78 Å². The maximum Gasteiger partial charge on any atom is 0.140 e.